The second kappa shape index (κ2) is 7.58. The second-order valence-corrected chi connectivity index (χ2v) is 7.93. The van der Waals surface area contributed by atoms with Gasteiger partial charge in [-0.25, -0.2) is 9.37 Å². The maximum absolute atomic E-state index is 13.3. The van der Waals surface area contributed by atoms with Crippen LogP contribution in [0.1, 0.15) is 23.7 Å². The average molecular weight is 420 g/mol. The second-order valence-electron chi connectivity index (χ2n) is 7.52. The van der Waals surface area contributed by atoms with Crippen molar-refractivity contribution in [2.24, 2.45) is 0 Å². The maximum atomic E-state index is 13.3. The number of anilines is 1. The molecule has 1 fully saturated rings. The summed E-state index contributed by atoms with van der Waals surface area (Å²) in [4.78, 5) is 19.3. The van der Waals surface area contributed by atoms with Gasteiger partial charge in [0, 0.05) is 29.6 Å². The molecule has 1 aliphatic rings. The minimum absolute atomic E-state index is 0.0166. The van der Waals surface area contributed by atoms with Crippen LogP contribution in [0.25, 0.3) is 11.0 Å². The van der Waals surface area contributed by atoms with Crippen LogP contribution in [-0.2, 0) is 11.3 Å². The lowest BCUT2D eigenvalue weighted by Crippen LogP contribution is -2.24. The minimum Gasteiger partial charge on any atom is -0.323 e. The zero-order valence-electron chi connectivity index (χ0n) is 16.1. The van der Waals surface area contributed by atoms with Gasteiger partial charge in [0.25, 0.3) is 0 Å². The normalized spacial score (nSPS) is 16.5. The Morgan fingerprint density at radius 2 is 1.73 bits per heavy atom. The number of rotatable bonds is 4. The third kappa shape index (κ3) is 3.35. The van der Waals surface area contributed by atoms with Crippen molar-refractivity contribution in [1.29, 1.82) is 0 Å². The van der Waals surface area contributed by atoms with Crippen LogP contribution < -0.4 is 4.90 Å². The number of nitrogens with zero attached hydrogens (tertiary/aromatic N) is 3. The first-order chi connectivity index (χ1) is 14.6. The molecule has 1 unspecified atom stereocenters. The Labute approximate surface area is 178 Å². The van der Waals surface area contributed by atoms with E-state index >= 15 is 0 Å². The van der Waals surface area contributed by atoms with Crippen LogP contribution in [0.15, 0.2) is 72.8 Å². The molecule has 3 aromatic carbocycles. The molecule has 4 aromatic rings. The molecule has 1 atom stereocenters. The number of aromatic nitrogens is 2. The van der Waals surface area contributed by atoms with Gasteiger partial charge in [-0.05, 0) is 48.0 Å². The van der Waals surface area contributed by atoms with E-state index in [2.05, 4.69) is 4.57 Å². The number of amides is 1. The van der Waals surface area contributed by atoms with Crippen LogP contribution in [0.3, 0.4) is 0 Å². The van der Waals surface area contributed by atoms with Crippen molar-refractivity contribution >= 4 is 34.2 Å². The van der Waals surface area contributed by atoms with Crippen molar-refractivity contribution < 1.29 is 9.18 Å². The van der Waals surface area contributed by atoms with Crippen LogP contribution in [0.2, 0.25) is 5.02 Å². The van der Waals surface area contributed by atoms with Crippen molar-refractivity contribution in [1.82, 2.24) is 9.55 Å². The Morgan fingerprint density at radius 3 is 2.53 bits per heavy atom. The zero-order chi connectivity index (χ0) is 20.7. The average Bonchev–Trinajstić information content (AvgIpc) is 3.31. The molecule has 0 aliphatic carbocycles. The third-order valence-electron chi connectivity index (χ3n) is 5.60. The van der Waals surface area contributed by atoms with Gasteiger partial charge in [0.1, 0.15) is 11.6 Å². The highest BCUT2D eigenvalue weighted by molar-refractivity contribution is 6.31. The first-order valence-electron chi connectivity index (χ1n) is 9.84. The molecule has 2 heterocycles. The molecule has 30 heavy (non-hydrogen) atoms. The summed E-state index contributed by atoms with van der Waals surface area (Å²) < 4.78 is 15.5. The summed E-state index contributed by atoms with van der Waals surface area (Å²) in [6.07, 6.45) is 0.364. The topological polar surface area (TPSA) is 38.1 Å². The third-order valence-corrected chi connectivity index (χ3v) is 5.97. The van der Waals surface area contributed by atoms with Gasteiger partial charge in [0.15, 0.2) is 0 Å². The number of carbonyl (C=O) groups is 1. The Hall–Kier alpha value is -3.18. The summed E-state index contributed by atoms with van der Waals surface area (Å²) in [6, 6.07) is 21.8. The fourth-order valence-corrected chi connectivity index (χ4v) is 4.32. The molecule has 1 amide bonds. The number of halogens is 2. The number of imidazole rings is 1. The Balaban J connectivity index is 1.53. The number of fused-ring (bicyclic) bond motifs is 1. The maximum Gasteiger partial charge on any atom is 0.227 e. The Morgan fingerprint density at radius 1 is 1.00 bits per heavy atom. The largest absolute Gasteiger partial charge is 0.323 e. The van der Waals surface area contributed by atoms with Gasteiger partial charge in [0.05, 0.1) is 17.6 Å². The highest BCUT2D eigenvalue weighted by Crippen LogP contribution is 2.34. The van der Waals surface area contributed by atoms with E-state index in [0.717, 1.165) is 22.4 Å². The summed E-state index contributed by atoms with van der Waals surface area (Å²) in [5.41, 5.74) is 3.62. The quantitative estimate of drug-likeness (QED) is 0.444. The zero-order valence-corrected chi connectivity index (χ0v) is 16.9. The molecule has 1 aromatic heterocycles. The van der Waals surface area contributed by atoms with Gasteiger partial charge in [0.2, 0.25) is 5.91 Å². The van der Waals surface area contributed by atoms with Crippen molar-refractivity contribution in [3.05, 3.63) is 95.0 Å². The summed E-state index contributed by atoms with van der Waals surface area (Å²) in [6.45, 7) is 1.09. The minimum atomic E-state index is -0.316. The summed E-state index contributed by atoms with van der Waals surface area (Å²) in [7, 11) is 0. The van der Waals surface area contributed by atoms with E-state index in [9.17, 15) is 9.18 Å². The number of para-hydroxylation sites is 2. The number of hydrogen-bond donors (Lipinski definition) is 0. The molecule has 0 spiro atoms. The molecule has 0 N–H and O–H groups in total. The number of carbonyl (C=O) groups excluding carboxylic acids is 1. The Kier molecular flexibility index (Phi) is 4.75. The van der Waals surface area contributed by atoms with E-state index in [-0.39, 0.29) is 17.6 Å². The molecule has 150 valence electrons. The van der Waals surface area contributed by atoms with Crippen molar-refractivity contribution in [2.75, 3.05) is 11.4 Å². The molecular formula is C24H19ClFN3O. The van der Waals surface area contributed by atoms with Crippen LogP contribution in [-0.4, -0.2) is 22.0 Å². The van der Waals surface area contributed by atoms with Gasteiger partial charge in [-0.1, -0.05) is 41.9 Å². The molecule has 1 saturated heterocycles. The lowest BCUT2D eigenvalue weighted by atomic mass is 10.1. The molecule has 0 bridgehead atoms. The first kappa shape index (κ1) is 18.8. The SMILES string of the molecule is O=C1CC(c2nc3ccccc3n2Cc2ccccc2Cl)CN1c1ccc(F)cc1. The van der Waals surface area contributed by atoms with Crippen LogP contribution in [0.4, 0.5) is 10.1 Å². The van der Waals surface area contributed by atoms with Crippen molar-refractivity contribution in [3.8, 4) is 0 Å². The van der Waals surface area contributed by atoms with Crippen LogP contribution in [0.5, 0.6) is 0 Å². The van der Waals surface area contributed by atoms with Crippen molar-refractivity contribution in [3.63, 3.8) is 0 Å². The molecule has 1 aliphatic heterocycles. The first-order valence-corrected chi connectivity index (χ1v) is 10.2. The summed E-state index contributed by atoms with van der Waals surface area (Å²) in [5, 5.41) is 0.705. The lowest BCUT2D eigenvalue weighted by Gasteiger charge is -2.17. The van der Waals surface area contributed by atoms with Gasteiger partial charge in [-0.15, -0.1) is 0 Å². The van der Waals surface area contributed by atoms with E-state index in [1.807, 2.05) is 48.5 Å². The molecule has 0 saturated carbocycles. The summed E-state index contributed by atoms with van der Waals surface area (Å²) in [5.74, 6) is 0.512. The van der Waals surface area contributed by atoms with Crippen LogP contribution >= 0.6 is 11.6 Å². The molecule has 6 heteroatoms. The van der Waals surface area contributed by atoms with Crippen molar-refractivity contribution in [2.45, 2.75) is 18.9 Å². The van der Waals surface area contributed by atoms with E-state index in [0.29, 0.717) is 30.2 Å². The predicted molar refractivity (Wildman–Crippen MR) is 116 cm³/mol. The lowest BCUT2D eigenvalue weighted by molar-refractivity contribution is -0.117. The van der Waals surface area contributed by atoms with Crippen LogP contribution in [0, 0.1) is 5.82 Å². The molecule has 5 rings (SSSR count). The number of hydrogen-bond acceptors (Lipinski definition) is 2. The standard InChI is InChI=1S/C24H19ClFN3O/c25-20-6-2-1-5-16(20)14-29-22-8-4-3-7-21(22)27-24(29)17-13-23(30)28(15-17)19-11-9-18(26)10-12-19/h1-12,17H,13-15H2. The van der Waals surface area contributed by atoms with E-state index in [4.69, 9.17) is 16.6 Å². The van der Waals surface area contributed by atoms with Gasteiger partial charge >= 0.3 is 0 Å². The monoisotopic (exact) mass is 419 g/mol. The van der Waals surface area contributed by atoms with E-state index in [1.165, 1.54) is 12.1 Å². The van der Waals surface area contributed by atoms with Gasteiger partial charge < -0.3 is 9.47 Å². The smallest absolute Gasteiger partial charge is 0.227 e. The summed E-state index contributed by atoms with van der Waals surface area (Å²) >= 11 is 6.42. The predicted octanol–water partition coefficient (Wildman–Crippen LogP) is 5.40. The molecule has 4 nitrogen and oxygen atoms in total. The fourth-order valence-electron chi connectivity index (χ4n) is 4.12. The fraction of sp³-hybridized carbons (Fsp3) is 0.167. The highest BCUT2D eigenvalue weighted by Gasteiger charge is 2.35. The van der Waals surface area contributed by atoms with Gasteiger partial charge in [-0.3, -0.25) is 4.79 Å². The Bertz CT molecular complexity index is 1230. The molecule has 0 radical (unpaired) electrons. The molecular weight excluding hydrogens is 401 g/mol. The highest BCUT2D eigenvalue weighted by atomic mass is 35.5. The van der Waals surface area contributed by atoms with Gasteiger partial charge in [-0.2, -0.15) is 0 Å². The number of benzene rings is 3. The van der Waals surface area contributed by atoms with E-state index in [1.54, 1.807) is 17.0 Å². The van der Waals surface area contributed by atoms with E-state index < -0.39 is 0 Å².